The van der Waals surface area contributed by atoms with Gasteiger partial charge in [0, 0.05) is 45.9 Å². The number of ether oxygens (including phenoxy) is 1. The first kappa shape index (κ1) is 11.9. The SMILES string of the molecule is OCCCCOCCN1CCNCC1. The van der Waals surface area contributed by atoms with Crippen LogP contribution in [-0.4, -0.2) is 62.6 Å². The predicted octanol–water partition coefficient (Wildman–Crippen LogP) is -0.319. The van der Waals surface area contributed by atoms with Gasteiger partial charge in [0.2, 0.25) is 0 Å². The molecule has 0 spiro atoms. The number of hydrogen-bond acceptors (Lipinski definition) is 4. The summed E-state index contributed by atoms with van der Waals surface area (Å²) in [7, 11) is 0. The summed E-state index contributed by atoms with van der Waals surface area (Å²) in [6, 6.07) is 0. The van der Waals surface area contributed by atoms with E-state index in [9.17, 15) is 0 Å². The van der Waals surface area contributed by atoms with Crippen molar-refractivity contribution in [1.29, 1.82) is 0 Å². The number of nitrogens with zero attached hydrogens (tertiary/aromatic N) is 1. The summed E-state index contributed by atoms with van der Waals surface area (Å²) in [6.45, 7) is 7.41. The molecule has 1 saturated heterocycles. The third kappa shape index (κ3) is 5.54. The molecule has 84 valence electrons. The van der Waals surface area contributed by atoms with E-state index in [-0.39, 0.29) is 6.61 Å². The Balaban J connectivity index is 1.82. The van der Waals surface area contributed by atoms with Crippen molar-refractivity contribution >= 4 is 0 Å². The molecule has 1 heterocycles. The van der Waals surface area contributed by atoms with Gasteiger partial charge in [-0.1, -0.05) is 0 Å². The maximum atomic E-state index is 8.56. The third-order valence-corrected chi connectivity index (χ3v) is 2.46. The zero-order valence-corrected chi connectivity index (χ0v) is 8.87. The van der Waals surface area contributed by atoms with Crippen LogP contribution in [0.5, 0.6) is 0 Å². The number of rotatable bonds is 7. The van der Waals surface area contributed by atoms with Gasteiger partial charge in [-0.15, -0.1) is 0 Å². The van der Waals surface area contributed by atoms with Crippen molar-refractivity contribution in [2.75, 3.05) is 52.5 Å². The van der Waals surface area contributed by atoms with Crippen LogP contribution in [0.1, 0.15) is 12.8 Å². The van der Waals surface area contributed by atoms with Crippen molar-refractivity contribution in [2.45, 2.75) is 12.8 Å². The maximum absolute atomic E-state index is 8.56. The molecule has 0 unspecified atom stereocenters. The highest BCUT2D eigenvalue weighted by Gasteiger charge is 2.07. The molecule has 0 bridgehead atoms. The van der Waals surface area contributed by atoms with Crippen molar-refractivity contribution in [3.63, 3.8) is 0 Å². The second-order valence-corrected chi connectivity index (χ2v) is 3.63. The fraction of sp³-hybridized carbons (Fsp3) is 1.00. The monoisotopic (exact) mass is 202 g/mol. The smallest absolute Gasteiger partial charge is 0.0593 e. The van der Waals surface area contributed by atoms with Crippen LogP contribution in [0.4, 0.5) is 0 Å². The Hall–Kier alpha value is -0.160. The molecule has 14 heavy (non-hydrogen) atoms. The summed E-state index contributed by atoms with van der Waals surface area (Å²) < 4.78 is 5.47. The third-order valence-electron chi connectivity index (χ3n) is 2.46. The van der Waals surface area contributed by atoms with E-state index in [4.69, 9.17) is 9.84 Å². The van der Waals surface area contributed by atoms with Crippen molar-refractivity contribution < 1.29 is 9.84 Å². The summed E-state index contributed by atoms with van der Waals surface area (Å²) in [5, 5.41) is 11.9. The minimum atomic E-state index is 0.279. The lowest BCUT2D eigenvalue weighted by atomic mass is 10.3. The number of hydrogen-bond donors (Lipinski definition) is 2. The van der Waals surface area contributed by atoms with Crippen LogP contribution in [0.15, 0.2) is 0 Å². The molecular formula is C10H22N2O2. The molecule has 0 aromatic rings. The average Bonchev–Trinajstić information content (AvgIpc) is 2.25. The highest BCUT2D eigenvalue weighted by molar-refractivity contribution is 4.66. The average molecular weight is 202 g/mol. The molecule has 0 radical (unpaired) electrons. The number of aliphatic hydroxyl groups is 1. The van der Waals surface area contributed by atoms with E-state index >= 15 is 0 Å². The topological polar surface area (TPSA) is 44.7 Å². The highest BCUT2D eigenvalue weighted by atomic mass is 16.5. The molecule has 4 heteroatoms. The molecule has 1 fully saturated rings. The Labute approximate surface area is 86.2 Å². The van der Waals surface area contributed by atoms with E-state index in [2.05, 4.69) is 10.2 Å². The molecule has 0 amide bonds. The van der Waals surface area contributed by atoms with Gasteiger partial charge >= 0.3 is 0 Å². The van der Waals surface area contributed by atoms with Crippen molar-refractivity contribution in [1.82, 2.24) is 10.2 Å². The molecule has 0 atom stereocenters. The lowest BCUT2D eigenvalue weighted by molar-refractivity contribution is 0.0937. The van der Waals surface area contributed by atoms with Crippen LogP contribution < -0.4 is 5.32 Å². The molecule has 0 aromatic carbocycles. The van der Waals surface area contributed by atoms with E-state index in [0.717, 1.165) is 58.8 Å². The summed E-state index contributed by atoms with van der Waals surface area (Å²) >= 11 is 0. The van der Waals surface area contributed by atoms with Crippen molar-refractivity contribution in [2.24, 2.45) is 0 Å². The summed E-state index contributed by atoms with van der Waals surface area (Å²) in [6.07, 6.45) is 1.83. The van der Waals surface area contributed by atoms with Gasteiger partial charge in [0.15, 0.2) is 0 Å². The predicted molar refractivity (Wildman–Crippen MR) is 56.4 cm³/mol. The van der Waals surface area contributed by atoms with Crippen LogP contribution in [0, 0.1) is 0 Å². The number of aliphatic hydroxyl groups excluding tert-OH is 1. The van der Waals surface area contributed by atoms with E-state index in [1.165, 1.54) is 0 Å². The number of piperazine rings is 1. The van der Waals surface area contributed by atoms with E-state index < -0.39 is 0 Å². The Morgan fingerprint density at radius 1 is 1.14 bits per heavy atom. The van der Waals surface area contributed by atoms with Gasteiger partial charge in [0.1, 0.15) is 0 Å². The zero-order valence-electron chi connectivity index (χ0n) is 8.87. The van der Waals surface area contributed by atoms with Gasteiger partial charge in [-0.3, -0.25) is 4.90 Å². The fourth-order valence-electron chi connectivity index (χ4n) is 1.55. The Bertz CT molecular complexity index is 127. The highest BCUT2D eigenvalue weighted by Crippen LogP contribution is 1.93. The molecule has 1 aliphatic rings. The second kappa shape index (κ2) is 8.17. The molecule has 0 aromatic heterocycles. The summed E-state index contributed by atoms with van der Waals surface area (Å²) in [4.78, 5) is 2.42. The Kier molecular flexibility index (Phi) is 6.95. The van der Waals surface area contributed by atoms with Crippen LogP contribution >= 0.6 is 0 Å². The normalized spacial score (nSPS) is 18.6. The minimum Gasteiger partial charge on any atom is -0.396 e. The van der Waals surface area contributed by atoms with E-state index in [1.54, 1.807) is 0 Å². The standard InChI is InChI=1S/C10H22N2O2/c13-8-1-2-9-14-10-7-12-5-3-11-4-6-12/h11,13H,1-10H2. The summed E-state index contributed by atoms with van der Waals surface area (Å²) in [5.41, 5.74) is 0. The second-order valence-electron chi connectivity index (χ2n) is 3.63. The quantitative estimate of drug-likeness (QED) is 0.555. The largest absolute Gasteiger partial charge is 0.396 e. The molecule has 4 nitrogen and oxygen atoms in total. The number of unbranched alkanes of at least 4 members (excludes halogenated alkanes) is 1. The van der Waals surface area contributed by atoms with Crippen LogP contribution in [0.25, 0.3) is 0 Å². The molecule has 1 rings (SSSR count). The fourth-order valence-corrected chi connectivity index (χ4v) is 1.55. The number of nitrogens with one attached hydrogen (secondary N) is 1. The summed E-state index contributed by atoms with van der Waals surface area (Å²) in [5.74, 6) is 0. The van der Waals surface area contributed by atoms with Gasteiger partial charge in [-0.25, -0.2) is 0 Å². The first-order chi connectivity index (χ1) is 6.93. The molecule has 0 aliphatic carbocycles. The van der Waals surface area contributed by atoms with Crippen molar-refractivity contribution in [3.8, 4) is 0 Å². The lowest BCUT2D eigenvalue weighted by Crippen LogP contribution is -2.44. The van der Waals surface area contributed by atoms with Gasteiger partial charge in [0.25, 0.3) is 0 Å². The Morgan fingerprint density at radius 3 is 2.64 bits per heavy atom. The van der Waals surface area contributed by atoms with Gasteiger partial charge in [-0.2, -0.15) is 0 Å². The molecular weight excluding hydrogens is 180 g/mol. The lowest BCUT2D eigenvalue weighted by Gasteiger charge is -2.26. The van der Waals surface area contributed by atoms with Crippen LogP contribution in [-0.2, 0) is 4.74 Å². The first-order valence-electron chi connectivity index (χ1n) is 5.55. The van der Waals surface area contributed by atoms with Gasteiger partial charge in [-0.05, 0) is 12.8 Å². The van der Waals surface area contributed by atoms with Gasteiger partial charge in [0.05, 0.1) is 6.61 Å². The zero-order chi connectivity index (χ0) is 10.1. The molecule has 0 saturated carbocycles. The first-order valence-corrected chi connectivity index (χ1v) is 5.55. The van der Waals surface area contributed by atoms with Crippen molar-refractivity contribution in [3.05, 3.63) is 0 Å². The minimum absolute atomic E-state index is 0.279. The Morgan fingerprint density at radius 2 is 1.93 bits per heavy atom. The van der Waals surface area contributed by atoms with E-state index in [1.807, 2.05) is 0 Å². The maximum Gasteiger partial charge on any atom is 0.0593 e. The molecule has 2 N–H and O–H groups in total. The van der Waals surface area contributed by atoms with Gasteiger partial charge < -0.3 is 15.2 Å². The van der Waals surface area contributed by atoms with Crippen LogP contribution in [0.2, 0.25) is 0 Å². The van der Waals surface area contributed by atoms with E-state index in [0.29, 0.717) is 0 Å². The molecule has 1 aliphatic heterocycles. The van der Waals surface area contributed by atoms with Crippen LogP contribution in [0.3, 0.4) is 0 Å².